The summed E-state index contributed by atoms with van der Waals surface area (Å²) in [5.41, 5.74) is -0.357. The van der Waals surface area contributed by atoms with Crippen LogP contribution in [0.1, 0.15) is 28.8 Å². The molecule has 2 bridgehead atoms. The average Bonchev–Trinajstić information content (AvgIpc) is 3.40. The molecule has 5 rings (SSSR count). The van der Waals surface area contributed by atoms with Crippen LogP contribution in [0.3, 0.4) is 0 Å². The Labute approximate surface area is 197 Å². The molecular formula is C23H18ClF4N5O. The van der Waals surface area contributed by atoms with Crippen molar-refractivity contribution < 1.29 is 22.4 Å². The molecule has 3 unspecified atom stereocenters. The van der Waals surface area contributed by atoms with E-state index in [2.05, 4.69) is 20.3 Å². The van der Waals surface area contributed by atoms with Crippen LogP contribution in [-0.2, 0) is 6.18 Å². The Morgan fingerprint density at radius 3 is 2.56 bits per heavy atom. The topological polar surface area (TPSA) is 71.0 Å². The minimum atomic E-state index is -4.55. The van der Waals surface area contributed by atoms with Crippen molar-refractivity contribution in [2.45, 2.75) is 31.1 Å². The SMILES string of the molecule is O=C(c1cc(F)ccc1-c1ncccn1)N1CC2CC(Nc3ncc(C(F)(F)F)cc3Cl)C1C2. The van der Waals surface area contributed by atoms with Crippen LogP contribution in [0.4, 0.5) is 23.4 Å². The van der Waals surface area contributed by atoms with E-state index in [0.29, 0.717) is 30.8 Å². The van der Waals surface area contributed by atoms with Crippen molar-refractivity contribution in [2.24, 2.45) is 5.92 Å². The van der Waals surface area contributed by atoms with Crippen LogP contribution in [0, 0.1) is 11.7 Å². The number of benzene rings is 1. The molecule has 3 aromatic rings. The standard InChI is InChI=1S/C23H18ClF4N5O/c24-17-8-13(23(26,27)28)10-31-21(17)32-18-6-12-7-19(18)33(11-12)22(34)16-9-14(25)2-3-15(16)20-29-4-1-5-30-20/h1-5,8-10,12,18-19H,6-7,11H2,(H,31,32). The van der Waals surface area contributed by atoms with Gasteiger partial charge in [0.25, 0.3) is 5.91 Å². The molecule has 2 aliphatic rings. The van der Waals surface area contributed by atoms with Crippen molar-refractivity contribution in [1.29, 1.82) is 0 Å². The van der Waals surface area contributed by atoms with Gasteiger partial charge in [0, 0.05) is 36.7 Å². The maximum atomic E-state index is 14.1. The molecule has 2 aromatic heterocycles. The lowest BCUT2D eigenvalue weighted by Gasteiger charge is -2.34. The van der Waals surface area contributed by atoms with E-state index in [9.17, 15) is 22.4 Å². The number of amides is 1. The number of hydrogen-bond acceptors (Lipinski definition) is 5. The van der Waals surface area contributed by atoms with Crippen LogP contribution < -0.4 is 5.32 Å². The Bertz CT molecular complexity index is 1240. The minimum absolute atomic E-state index is 0.128. The van der Waals surface area contributed by atoms with Crippen LogP contribution in [-0.4, -0.2) is 44.4 Å². The van der Waals surface area contributed by atoms with Gasteiger partial charge < -0.3 is 10.2 Å². The summed E-state index contributed by atoms with van der Waals surface area (Å²) >= 11 is 6.06. The van der Waals surface area contributed by atoms with Gasteiger partial charge >= 0.3 is 6.18 Å². The minimum Gasteiger partial charge on any atom is -0.364 e. The third-order valence-electron chi connectivity index (χ3n) is 6.25. The molecule has 1 aliphatic carbocycles. The second kappa shape index (κ2) is 8.50. The maximum Gasteiger partial charge on any atom is 0.417 e. The summed E-state index contributed by atoms with van der Waals surface area (Å²) in [6.45, 7) is 0.501. The number of piperidine rings is 1. The highest BCUT2D eigenvalue weighted by Crippen LogP contribution is 2.41. The van der Waals surface area contributed by atoms with Gasteiger partial charge in [-0.05, 0) is 49.1 Å². The first-order valence-corrected chi connectivity index (χ1v) is 11.0. The van der Waals surface area contributed by atoms with Gasteiger partial charge in [0.1, 0.15) is 11.6 Å². The highest BCUT2D eigenvalue weighted by molar-refractivity contribution is 6.33. The van der Waals surface area contributed by atoms with E-state index in [-0.39, 0.29) is 40.3 Å². The third-order valence-corrected chi connectivity index (χ3v) is 6.54. The number of pyridine rings is 1. The van der Waals surface area contributed by atoms with Crippen molar-refractivity contribution in [3.8, 4) is 11.4 Å². The van der Waals surface area contributed by atoms with Gasteiger partial charge in [-0.25, -0.2) is 19.3 Å². The summed E-state index contributed by atoms with van der Waals surface area (Å²) in [7, 11) is 0. The normalized spacial score (nSPS) is 21.7. The van der Waals surface area contributed by atoms with Gasteiger partial charge in [-0.1, -0.05) is 11.6 Å². The molecule has 1 aromatic carbocycles. The molecule has 0 radical (unpaired) electrons. The molecule has 0 spiro atoms. The van der Waals surface area contributed by atoms with Crippen LogP contribution >= 0.6 is 11.6 Å². The summed E-state index contributed by atoms with van der Waals surface area (Å²) in [4.78, 5) is 27.4. The van der Waals surface area contributed by atoms with Gasteiger partial charge in [0.05, 0.1) is 22.2 Å². The Hall–Kier alpha value is -3.27. The van der Waals surface area contributed by atoms with Crippen molar-refractivity contribution in [1.82, 2.24) is 19.9 Å². The molecule has 1 N–H and O–H groups in total. The molecule has 1 amide bonds. The monoisotopic (exact) mass is 491 g/mol. The van der Waals surface area contributed by atoms with E-state index in [1.807, 2.05) is 0 Å². The number of carbonyl (C=O) groups excluding carboxylic acids is 1. The van der Waals surface area contributed by atoms with Crippen molar-refractivity contribution in [2.75, 3.05) is 11.9 Å². The molecule has 1 saturated heterocycles. The molecule has 1 saturated carbocycles. The zero-order valence-electron chi connectivity index (χ0n) is 17.6. The zero-order chi connectivity index (χ0) is 24.0. The van der Waals surface area contributed by atoms with Gasteiger partial charge in [-0.2, -0.15) is 13.2 Å². The average molecular weight is 492 g/mol. The number of halogens is 5. The number of nitrogens with zero attached hydrogens (tertiary/aromatic N) is 4. The molecule has 176 valence electrons. The lowest BCUT2D eigenvalue weighted by atomic mass is 10.0. The third kappa shape index (κ3) is 4.18. The van der Waals surface area contributed by atoms with Crippen LogP contribution in [0.2, 0.25) is 5.02 Å². The van der Waals surface area contributed by atoms with Crippen LogP contribution in [0.15, 0.2) is 48.9 Å². The first-order valence-electron chi connectivity index (χ1n) is 10.6. The van der Waals surface area contributed by atoms with E-state index in [0.717, 1.165) is 12.3 Å². The smallest absolute Gasteiger partial charge is 0.364 e. The van der Waals surface area contributed by atoms with Crippen LogP contribution in [0.25, 0.3) is 11.4 Å². The fraction of sp³-hybridized carbons (Fsp3) is 0.304. The molecule has 34 heavy (non-hydrogen) atoms. The Balaban J connectivity index is 1.39. The van der Waals surface area contributed by atoms with Gasteiger partial charge in [0.2, 0.25) is 0 Å². The number of hydrogen-bond donors (Lipinski definition) is 1. The number of fused-ring (bicyclic) bond motifs is 2. The Morgan fingerprint density at radius 2 is 1.88 bits per heavy atom. The lowest BCUT2D eigenvalue weighted by molar-refractivity contribution is -0.137. The largest absolute Gasteiger partial charge is 0.417 e. The second-order valence-electron chi connectivity index (χ2n) is 8.43. The van der Waals surface area contributed by atoms with Crippen molar-refractivity contribution in [3.05, 3.63) is 70.9 Å². The van der Waals surface area contributed by atoms with E-state index in [4.69, 9.17) is 11.6 Å². The lowest BCUT2D eigenvalue weighted by Crippen LogP contribution is -2.48. The molecule has 3 atom stereocenters. The van der Waals surface area contributed by atoms with Gasteiger partial charge in [-0.3, -0.25) is 4.79 Å². The van der Waals surface area contributed by atoms with Crippen molar-refractivity contribution in [3.63, 3.8) is 0 Å². The summed E-state index contributed by atoms with van der Waals surface area (Å²) < 4.78 is 52.8. The number of anilines is 1. The second-order valence-corrected chi connectivity index (χ2v) is 8.83. The number of nitrogens with one attached hydrogen (secondary N) is 1. The molecule has 11 heteroatoms. The number of likely N-dealkylation sites (tertiary alicyclic amines) is 1. The number of carbonyl (C=O) groups is 1. The summed E-state index contributed by atoms with van der Waals surface area (Å²) in [6, 6.07) is 5.88. The Kier molecular flexibility index (Phi) is 5.63. The van der Waals surface area contributed by atoms with E-state index in [1.165, 1.54) is 18.2 Å². The summed E-state index contributed by atoms with van der Waals surface area (Å²) in [6.07, 6.45) is 0.690. The zero-order valence-corrected chi connectivity index (χ0v) is 18.3. The summed E-state index contributed by atoms with van der Waals surface area (Å²) in [5, 5.41) is 2.96. The van der Waals surface area contributed by atoms with E-state index in [1.54, 1.807) is 23.4 Å². The fourth-order valence-corrected chi connectivity index (χ4v) is 4.99. The number of alkyl halides is 3. The van der Waals surface area contributed by atoms with Crippen LogP contribution in [0.5, 0.6) is 0 Å². The first kappa shape index (κ1) is 22.5. The molecular weight excluding hydrogens is 474 g/mol. The maximum absolute atomic E-state index is 14.1. The fourth-order valence-electron chi connectivity index (χ4n) is 4.77. The molecule has 1 aliphatic heterocycles. The Morgan fingerprint density at radius 1 is 1.12 bits per heavy atom. The molecule has 3 heterocycles. The molecule has 2 fully saturated rings. The van der Waals surface area contributed by atoms with Crippen molar-refractivity contribution >= 4 is 23.3 Å². The predicted octanol–water partition coefficient (Wildman–Crippen LogP) is 5.07. The van der Waals surface area contributed by atoms with Gasteiger partial charge in [0.15, 0.2) is 5.82 Å². The quantitative estimate of drug-likeness (QED) is 0.516. The number of aromatic nitrogens is 3. The summed E-state index contributed by atoms with van der Waals surface area (Å²) in [5.74, 6) is -0.269. The van der Waals surface area contributed by atoms with E-state index >= 15 is 0 Å². The highest BCUT2D eigenvalue weighted by Gasteiger charge is 2.47. The molecule has 6 nitrogen and oxygen atoms in total. The van der Waals surface area contributed by atoms with E-state index < -0.39 is 17.6 Å². The van der Waals surface area contributed by atoms with Gasteiger partial charge in [-0.15, -0.1) is 0 Å². The first-order chi connectivity index (χ1) is 16.2. The highest BCUT2D eigenvalue weighted by atomic mass is 35.5. The predicted molar refractivity (Wildman–Crippen MR) is 117 cm³/mol. The number of rotatable bonds is 4.